The van der Waals surface area contributed by atoms with E-state index in [2.05, 4.69) is 64.9 Å². The third-order valence-corrected chi connectivity index (χ3v) is 3.55. The second-order valence-electron chi connectivity index (χ2n) is 5.96. The number of hydrogen-bond acceptors (Lipinski definition) is 2. The van der Waals surface area contributed by atoms with E-state index in [1.54, 1.807) is 0 Å². The third-order valence-electron chi connectivity index (χ3n) is 3.55. The molecule has 0 fully saturated rings. The van der Waals surface area contributed by atoms with Crippen molar-refractivity contribution in [1.82, 2.24) is 4.90 Å². The zero-order valence-corrected chi connectivity index (χ0v) is 12.7. The lowest BCUT2D eigenvalue weighted by atomic mass is 9.91. The predicted octanol–water partition coefficient (Wildman–Crippen LogP) is 3.46. The third kappa shape index (κ3) is 3.82. The molecule has 0 saturated heterocycles. The molecule has 18 heavy (non-hydrogen) atoms. The highest BCUT2D eigenvalue weighted by molar-refractivity contribution is 5.35. The molecule has 0 bridgehead atoms. The lowest BCUT2D eigenvalue weighted by molar-refractivity contribution is 0.271. The molecule has 0 amide bonds. The lowest BCUT2D eigenvalue weighted by Gasteiger charge is -2.28. The zero-order valence-electron chi connectivity index (χ0n) is 12.7. The summed E-state index contributed by atoms with van der Waals surface area (Å²) < 4.78 is 0. The van der Waals surface area contributed by atoms with Crippen LogP contribution >= 0.6 is 0 Å². The Bertz CT molecular complexity index is 381. The van der Waals surface area contributed by atoms with Crippen LogP contribution < -0.4 is 5.73 Å². The molecule has 0 spiro atoms. The Labute approximate surface area is 112 Å². The van der Waals surface area contributed by atoms with Crippen molar-refractivity contribution in [3.05, 3.63) is 34.9 Å². The van der Waals surface area contributed by atoms with Crippen molar-refractivity contribution in [1.29, 1.82) is 0 Å². The first-order valence-electron chi connectivity index (χ1n) is 6.85. The van der Waals surface area contributed by atoms with Crippen molar-refractivity contribution in [3.63, 3.8) is 0 Å². The van der Waals surface area contributed by atoms with E-state index in [-0.39, 0.29) is 6.04 Å². The van der Waals surface area contributed by atoms with Crippen LogP contribution in [-0.2, 0) is 0 Å². The fourth-order valence-corrected chi connectivity index (χ4v) is 2.35. The molecular weight excluding hydrogens is 220 g/mol. The van der Waals surface area contributed by atoms with Gasteiger partial charge in [0.15, 0.2) is 0 Å². The van der Waals surface area contributed by atoms with E-state index in [9.17, 15) is 0 Å². The molecule has 0 aromatic heterocycles. The molecule has 2 unspecified atom stereocenters. The number of nitrogens with zero attached hydrogens (tertiary/aromatic N) is 1. The van der Waals surface area contributed by atoms with Gasteiger partial charge in [-0.1, -0.05) is 32.0 Å². The molecule has 102 valence electrons. The van der Waals surface area contributed by atoms with Gasteiger partial charge in [-0.05, 0) is 57.0 Å². The number of nitrogens with two attached hydrogens (primary N) is 1. The molecule has 0 saturated carbocycles. The maximum Gasteiger partial charge on any atom is 0.0359 e. The van der Waals surface area contributed by atoms with Crippen LogP contribution in [0.4, 0.5) is 0 Å². The highest BCUT2D eigenvalue weighted by atomic mass is 15.1. The Hall–Kier alpha value is -0.860. The number of benzene rings is 1. The SMILES string of the molecule is Cc1ccc(C(C)C)cc1C(CC(C)N)N(C)C. The standard InChI is InChI=1S/C16H28N2/c1-11(2)14-8-7-12(3)15(10-14)16(18(5)6)9-13(4)17/h7-8,10-11,13,16H,9,17H2,1-6H3. The molecule has 0 aliphatic rings. The van der Waals surface area contributed by atoms with Gasteiger partial charge in [-0.2, -0.15) is 0 Å². The second-order valence-corrected chi connectivity index (χ2v) is 5.96. The van der Waals surface area contributed by atoms with Crippen molar-refractivity contribution < 1.29 is 0 Å². The minimum Gasteiger partial charge on any atom is -0.328 e. The van der Waals surface area contributed by atoms with Gasteiger partial charge >= 0.3 is 0 Å². The van der Waals surface area contributed by atoms with E-state index in [1.807, 2.05) is 0 Å². The molecule has 2 N–H and O–H groups in total. The van der Waals surface area contributed by atoms with Crippen LogP contribution in [0, 0.1) is 6.92 Å². The summed E-state index contributed by atoms with van der Waals surface area (Å²) in [5, 5.41) is 0. The first-order valence-corrected chi connectivity index (χ1v) is 6.85. The van der Waals surface area contributed by atoms with Crippen LogP contribution in [0.15, 0.2) is 18.2 Å². The van der Waals surface area contributed by atoms with Gasteiger partial charge in [-0.25, -0.2) is 0 Å². The normalized spacial score (nSPS) is 15.2. The number of hydrogen-bond donors (Lipinski definition) is 1. The van der Waals surface area contributed by atoms with E-state index < -0.39 is 0 Å². The molecule has 1 rings (SSSR count). The van der Waals surface area contributed by atoms with Crippen molar-refractivity contribution in [2.45, 2.75) is 52.1 Å². The van der Waals surface area contributed by atoms with Crippen LogP contribution in [0.2, 0.25) is 0 Å². The van der Waals surface area contributed by atoms with Crippen molar-refractivity contribution in [2.75, 3.05) is 14.1 Å². The molecule has 1 aromatic carbocycles. The summed E-state index contributed by atoms with van der Waals surface area (Å²) in [6, 6.07) is 7.46. The van der Waals surface area contributed by atoms with Gasteiger partial charge in [0.05, 0.1) is 0 Å². The van der Waals surface area contributed by atoms with E-state index in [1.165, 1.54) is 16.7 Å². The Morgan fingerprint density at radius 1 is 1.17 bits per heavy atom. The largest absolute Gasteiger partial charge is 0.328 e. The molecule has 2 nitrogen and oxygen atoms in total. The fraction of sp³-hybridized carbons (Fsp3) is 0.625. The summed E-state index contributed by atoms with van der Waals surface area (Å²) in [6.07, 6.45) is 0.995. The van der Waals surface area contributed by atoms with Crippen LogP contribution in [0.3, 0.4) is 0 Å². The summed E-state index contributed by atoms with van der Waals surface area (Å²) in [5.41, 5.74) is 10.2. The van der Waals surface area contributed by atoms with Gasteiger partial charge in [0.25, 0.3) is 0 Å². The highest BCUT2D eigenvalue weighted by Crippen LogP contribution is 2.29. The van der Waals surface area contributed by atoms with E-state index in [4.69, 9.17) is 5.73 Å². The van der Waals surface area contributed by atoms with Gasteiger partial charge in [0.2, 0.25) is 0 Å². The quantitative estimate of drug-likeness (QED) is 0.864. The van der Waals surface area contributed by atoms with Crippen LogP contribution in [-0.4, -0.2) is 25.0 Å². The molecule has 0 aliphatic heterocycles. The molecule has 0 heterocycles. The Morgan fingerprint density at radius 2 is 1.78 bits per heavy atom. The van der Waals surface area contributed by atoms with Gasteiger partial charge < -0.3 is 10.6 Å². The maximum absolute atomic E-state index is 5.99. The summed E-state index contributed by atoms with van der Waals surface area (Å²) >= 11 is 0. The molecule has 0 aliphatic carbocycles. The van der Waals surface area contributed by atoms with Crippen molar-refractivity contribution in [2.24, 2.45) is 5.73 Å². The van der Waals surface area contributed by atoms with Gasteiger partial charge in [0, 0.05) is 12.1 Å². The summed E-state index contributed by atoms with van der Waals surface area (Å²) in [5.74, 6) is 0.572. The van der Waals surface area contributed by atoms with E-state index in [0.29, 0.717) is 12.0 Å². The van der Waals surface area contributed by atoms with E-state index >= 15 is 0 Å². The topological polar surface area (TPSA) is 29.3 Å². The maximum atomic E-state index is 5.99. The highest BCUT2D eigenvalue weighted by Gasteiger charge is 2.18. The minimum atomic E-state index is 0.222. The van der Waals surface area contributed by atoms with Crippen LogP contribution in [0.5, 0.6) is 0 Å². The van der Waals surface area contributed by atoms with Crippen LogP contribution in [0.1, 0.15) is 55.8 Å². The van der Waals surface area contributed by atoms with E-state index in [0.717, 1.165) is 6.42 Å². The average Bonchev–Trinajstić information content (AvgIpc) is 2.26. The molecule has 0 radical (unpaired) electrons. The van der Waals surface area contributed by atoms with Crippen molar-refractivity contribution in [3.8, 4) is 0 Å². The van der Waals surface area contributed by atoms with Crippen molar-refractivity contribution >= 4 is 0 Å². The molecule has 1 aromatic rings. The lowest BCUT2D eigenvalue weighted by Crippen LogP contribution is -2.28. The fourth-order valence-electron chi connectivity index (χ4n) is 2.35. The summed E-state index contributed by atoms with van der Waals surface area (Å²) in [7, 11) is 4.27. The first kappa shape index (κ1) is 15.2. The Kier molecular flexibility index (Phi) is 5.36. The Morgan fingerprint density at radius 3 is 2.22 bits per heavy atom. The summed E-state index contributed by atoms with van der Waals surface area (Å²) in [4.78, 5) is 2.27. The zero-order chi connectivity index (χ0) is 13.9. The number of rotatable bonds is 5. The minimum absolute atomic E-state index is 0.222. The monoisotopic (exact) mass is 248 g/mol. The average molecular weight is 248 g/mol. The van der Waals surface area contributed by atoms with Gasteiger partial charge in [-0.15, -0.1) is 0 Å². The van der Waals surface area contributed by atoms with Gasteiger partial charge in [0.1, 0.15) is 0 Å². The predicted molar refractivity (Wildman–Crippen MR) is 80.0 cm³/mol. The molecular formula is C16H28N2. The summed E-state index contributed by atoms with van der Waals surface area (Å²) in [6.45, 7) is 8.75. The molecule has 2 atom stereocenters. The van der Waals surface area contributed by atoms with Crippen LogP contribution in [0.25, 0.3) is 0 Å². The van der Waals surface area contributed by atoms with Gasteiger partial charge in [-0.3, -0.25) is 0 Å². The smallest absolute Gasteiger partial charge is 0.0359 e. The molecule has 2 heteroatoms. The first-order chi connectivity index (χ1) is 8.32. The Balaban J connectivity index is 3.13. The number of aryl methyl sites for hydroxylation is 1. The second kappa shape index (κ2) is 6.35.